The molecule has 0 aliphatic heterocycles. The second kappa shape index (κ2) is 10.9. The average Bonchev–Trinajstić information content (AvgIpc) is 2.29. The van der Waals surface area contributed by atoms with Crippen molar-refractivity contribution in [1.82, 2.24) is 0 Å². The van der Waals surface area contributed by atoms with Crippen LogP contribution in [0.3, 0.4) is 0 Å². The largest absolute Gasteiger partial charge is 1.00 e. The number of hydrogen-bond acceptors (Lipinski definition) is 1. The maximum atomic E-state index is 6.07. The fraction of sp³-hybridized carbons (Fsp3) is 0.455. The van der Waals surface area contributed by atoms with Gasteiger partial charge >= 0.3 is 29.6 Å². The normalized spacial score (nSPS) is 14.1. The fourth-order valence-electron chi connectivity index (χ4n) is 2.14. The van der Waals surface area contributed by atoms with E-state index in [0.717, 1.165) is 0 Å². The molecule has 0 bridgehead atoms. The van der Waals surface area contributed by atoms with Crippen LogP contribution in [0.1, 0.15) is 27.8 Å². The van der Waals surface area contributed by atoms with Crippen molar-refractivity contribution >= 4 is 187 Å². The number of halogens is 15. The summed E-state index contributed by atoms with van der Waals surface area (Å²) < 4.78 is -11.6. The van der Waals surface area contributed by atoms with E-state index < -0.39 is 35.7 Å². The number of thiol groups is 1. The molecule has 0 fully saturated rings. The third-order valence-corrected chi connectivity index (χ3v) is 6.17. The van der Waals surface area contributed by atoms with Gasteiger partial charge in [0, 0.05) is 32.7 Å². The van der Waals surface area contributed by atoms with Crippen LogP contribution in [0.25, 0.3) is 0 Å². The average molecular weight is 720 g/mol. The van der Waals surface area contributed by atoms with E-state index in [1.807, 2.05) is 0 Å². The molecule has 0 saturated heterocycles. The Bertz CT molecular complexity index is 678. The van der Waals surface area contributed by atoms with Gasteiger partial charge in [-0.15, -0.1) is 12.6 Å². The zero-order valence-electron chi connectivity index (χ0n) is 12.6. The van der Waals surface area contributed by atoms with Gasteiger partial charge in [-0.2, -0.15) is 0 Å². The Morgan fingerprint density at radius 2 is 0.500 bits per heavy atom. The van der Waals surface area contributed by atoms with E-state index in [-0.39, 0.29) is 45.6 Å². The first-order valence-electron chi connectivity index (χ1n) is 5.81. The van der Waals surface area contributed by atoms with Gasteiger partial charge in [-0.3, -0.25) is 0 Å². The van der Waals surface area contributed by atoms with E-state index in [2.05, 4.69) is 12.6 Å². The maximum absolute atomic E-state index is 6.07. The van der Waals surface area contributed by atoms with Crippen LogP contribution >= 0.6 is 187 Å². The van der Waals surface area contributed by atoms with Crippen molar-refractivity contribution < 1.29 is 29.6 Å². The Balaban J connectivity index is 0.00000729. The van der Waals surface area contributed by atoms with Gasteiger partial charge in [0.2, 0.25) is 19.0 Å². The molecular formula is C11HCl15NaS+. The van der Waals surface area contributed by atoms with E-state index in [4.69, 9.17) is 174 Å². The third-order valence-electron chi connectivity index (χ3n) is 2.89. The summed E-state index contributed by atoms with van der Waals surface area (Å²) in [7, 11) is 0. The van der Waals surface area contributed by atoms with Crippen molar-refractivity contribution in [1.29, 1.82) is 0 Å². The molecule has 0 unspecified atom stereocenters. The van der Waals surface area contributed by atoms with Crippen LogP contribution in [0, 0.1) is 0 Å². The van der Waals surface area contributed by atoms with Crippen molar-refractivity contribution in [3.8, 4) is 0 Å². The quantitative estimate of drug-likeness (QED) is 0.156. The second-order valence-corrected chi connectivity index (χ2v) is 16.6. The summed E-state index contributed by atoms with van der Waals surface area (Å²) in [4.78, 5) is -0.268. The van der Waals surface area contributed by atoms with Gasteiger partial charge < -0.3 is 0 Å². The summed E-state index contributed by atoms with van der Waals surface area (Å²) in [6.07, 6.45) is 0. The van der Waals surface area contributed by atoms with Crippen molar-refractivity contribution in [2.75, 3.05) is 0 Å². The van der Waals surface area contributed by atoms with E-state index in [1.165, 1.54) is 0 Å². The molecule has 0 atom stereocenters. The summed E-state index contributed by atoms with van der Waals surface area (Å²) in [5.41, 5.74) is -2.01. The molecule has 1 aromatic carbocycles. The number of benzene rings is 1. The second-order valence-electron chi connectivity index (χ2n) is 4.71. The molecule has 0 aliphatic rings. The summed E-state index contributed by atoms with van der Waals surface area (Å²) >= 11 is 95.0. The van der Waals surface area contributed by atoms with Gasteiger partial charge in [-0.1, -0.05) is 174 Å². The van der Waals surface area contributed by atoms with Crippen molar-refractivity contribution in [3.63, 3.8) is 0 Å². The summed E-state index contributed by atoms with van der Waals surface area (Å²) in [6, 6.07) is 0. The van der Waals surface area contributed by atoms with E-state index >= 15 is 0 Å². The maximum Gasteiger partial charge on any atom is 1.00 e. The Morgan fingerprint density at radius 1 is 0.357 bits per heavy atom. The molecule has 1 rings (SSSR count). The molecule has 0 heterocycles. The molecule has 1 aromatic rings. The number of rotatable bonds is 0. The van der Waals surface area contributed by atoms with Crippen LogP contribution < -0.4 is 29.6 Å². The molecule has 0 spiro atoms. The number of hydrogen-bond donors (Lipinski definition) is 1. The van der Waals surface area contributed by atoms with Gasteiger partial charge in [0.05, 0.1) is 0 Å². The molecule has 28 heavy (non-hydrogen) atoms. The predicted octanol–water partition coefficient (Wildman–Crippen LogP) is 8.11. The van der Waals surface area contributed by atoms with Crippen LogP contribution in [-0.2, 0) is 19.0 Å². The fourth-order valence-corrected chi connectivity index (χ4v) is 5.93. The molecule has 0 aliphatic carbocycles. The van der Waals surface area contributed by atoms with Crippen LogP contribution in [0.5, 0.6) is 0 Å². The van der Waals surface area contributed by atoms with Gasteiger partial charge in [0.15, 0.2) is 0 Å². The molecule has 0 saturated carbocycles. The molecule has 156 valence electrons. The number of alkyl halides is 15. The first-order chi connectivity index (χ1) is 11.5. The van der Waals surface area contributed by atoms with Gasteiger partial charge in [0.1, 0.15) is 0 Å². The van der Waals surface area contributed by atoms with Gasteiger partial charge in [0.25, 0.3) is 0 Å². The summed E-state index contributed by atoms with van der Waals surface area (Å²) in [5.74, 6) is 0. The monoisotopic (exact) mass is 713 g/mol. The Labute approximate surface area is 263 Å². The minimum atomic E-state index is -2.38. The molecule has 0 N–H and O–H groups in total. The smallest absolute Gasteiger partial charge is 0.143 e. The van der Waals surface area contributed by atoms with E-state index in [0.29, 0.717) is 0 Å². The van der Waals surface area contributed by atoms with Gasteiger partial charge in [-0.25, -0.2) is 0 Å². The zero-order valence-corrected chi connectivity index (χ0v) is 26.9. The molecule has 0 radical (unpaired) electrons. The van der Waals surface area contributed by atoms with Crippen LogP contribution in [0.2, 0.25) is 0 Å². The summed E-state index contributed by atoms with van der Waals surface area (Å²) in [6.45, 7) is 0. The predicted molar refractivity (Wildman–Crippen MR) is 130 cm³/mol. The third kappa shape index (κ3) is 7.97. The SMILES string of the molecule is Sc1c(C(Cl)(Cl)Cl)c(C(Cl)(Cl)Cl)c(C(Cl)(Cl)Cl)c(C(Cl)(Cl)Cl)c1C(Cl)(Cl)Cl.[Na+]. The molecule has 0 aromatic heterocycles. The van der Waals surface area contributed by atoms with Crippen molar-refractivity contribution in [3.05, 3.63) is 27.8 Å². The Kier molecular flexibility index (Phi) is 12.8. The summed E-state index contributed by atoms with van der Waals surface area (Å²) in [5, 5.41) is 0. The minimum Gasteiger partial charge on any atom is -0.143 e. The zero-order chi connectivity index (χ0) is 22.0. The molecule has 17 heteroatoms. The topological polar surface area (TPSA) is 0 Å². The molecule has 0 nitrogen and oxygen atoms in total. The molecule has 0 amide bonds. The minimum absolute atomic E-state index is 0. The van der Waals surface area contributed by atoms with E-state index in [1.54, 1.807) is 0 Å². The van der Waals surface area contributed by atoms with Crippen LogP contribution in [0.4, 0.5) is 0 Å². The van der Waals surface area contributed by atoms with Gasteiger partial charge in [-0.05, 0) is 0 Å². The van der Waals surface area contributed by atoms with Crippen molar-refractivity contribution in [2.45, 2.75) is 23.9 Å². The Hall–Kier alpha value is 4.92. The Morgan fingerprint density at radius 3 is 0.643 bits per heavy atom. The first-order valence-corrected chi connectivity index (χ1v) is 11.9. The van der Waals surface area contributed by atoms with E-state index in [9.17, 15) is 0 Å². The van der Waals surface area contributed by atoms with Crippen LogP contribution in [0.15, 0.2) is 4.90 Å². The molecular weight excluding hydrogens is 719 g/mol. The van der Waals surface area contributed by atoms with Crippen LogP contribution in [-0.4, -0.2) is 0 Å². The standard InChI is InChI=1S/C11HCl15S.Na/c12-7(13,14)1-2(8(15,16)17)4(10(21,22)23)6(27)5(11(24,25)26)3(1)9(18,19)20;/h27H;/q;+1. The van der Waals surface area contributed by atoms with Crippen molar-refractivity contribution in [2.24, 2.45) is 0 Å². The first kappa shape index (κ1) is 32.9.